The summed E-state index contributed by atoms with van der Waals surface area (Å²) in [5, 5.41) is 4.49. The summed E-state index contributed by atoms with van der Waals surface area (Å²) >= 11 is 0. The van der Waals surface area contributed by atoms with Gasteiger partial charge in [-0.2, -0.15) is 0 Å². The molecule has 8 nitrogen and oxygen atoms in total. The second-order valence-corrected chi connectivity index (χ2v) is 7.61. The molecule has 2 aromatic carbocycles. The van der Waals surface area contributed by atoms with Gasteiger partial charge in [-0.25, -0.2) is 10.2 Å². The van der Waals surface area contributed by atoms with E-state index in [1.54, 1.807) is 18.3 Å². The monoisotopic (exact) mass is 419 g/mol. The van der Waals surface area contributed by atoms with E-state index in [1.807, 2.05) is 61.5 Å². The number of nitrogens with zero attached hydrogens (tertiary/aromatic N) is 3. The molecular formula is C23H25N5O3. The molecule has 31 heavy (non-hydrogen) atoms. The first-order valence-corrected chi connectivity index (χ1v) is 10.2. The molecular weight excluding hydrogens is 394 g/mol. The topological polar surface area (TPSA) is 85.0 Å². The first-order chi connectivity index (χ1) is 15.0. The minimum atomic E-state index is -0.706. The average Bonchev–Trinajstić information content (AvgIpc) is 3.17. The normalized spacial score (nSPS) is 18.2. The van der Waals surface area contributed by atoms with Crippen LogP contribution in [0.2, 0.25) is 0 Å². The van der Waals surface area contributed by atoms with Crippen molar-refractivity contribution in [3.05, 3.63) is 77.6 Å². The van der Waals surface area contributed by atoms with Crippen LogP contribution in [0.1, 0.15) is 18.1 Å². The Morgan fingerprint density at radius 2 is 1.77 bits per heavy atom. The largest absolute Gasteiger partial charge is 0.331 e. The lowest BCUT2D eigenvalue weighted by Gasteiger charge is -2.37. The number of fused-ring (bicyclic) bond motifs is 1. The van der Waals surface area contributed by atoms with Gasteiger partial charge >= 0.3 is 6.03 Å². The number of hydrazine groups is 1. The van der Waals surface area contributed by atoms with Crippen LogP contribution >= 0.6 is 0 Å². The Balaban J connectivity index is 1.55. The summed E-state index contributed by atoms with van der Waals surface area (Å²) in [5.41, 5.74) is 6.13. The maximum absolute atomic E-state index is 13.2. The Bertz CT molecular complexity index is 1040. The quantitative estimate of drug-likeness (QED) is 0.751. The summed E-state index contributed by atoms with van der Waals surface area (Å²) in [7, 11) is 1.75. The number of amides is 4. The number of nitrogens with one attached hydrogen (secondary N) is 2. The highest BCUT2D eigenvalue weighted by atomic mass is 16.2. The van der Waals surface area contributed by atoms with E-state index in [1.165, 1.54) is 9.80 Å². The van der Waals surface area contributed by atoms with E-state index in [-0.39, 0.29) is 24.9 Å². The number of hydrogen-bond acceptors (Lipinski definition) is 5. The number of carbonyl (C=O) groups excluding carboxylic acids is 3. The van der Waals surface area contributed by atoms with Gasteiger partial charge in [-0.05, 0) is 29.7 Å². The summed E-state index contributed by atoms with van der Waals surface area (Å²) in [5.74, 6) is -0.665. The molecule has 1 atom stereocenters. The first-order valence-electron chi connectivity index (χ1n) is 10.2. The summed E-state index contributed by atoms with van der Waals surface area (Å²) < 4.78 is 0. The molecule has 8 heteroatoms. The smallest absolute Gasteiger partial charge is 0.325 e. The van der Waals surface area contributed by atoms with Crippen LogP contribution in [0.4, 0.5) is 10.5 Å². The number of benzene rings is 2. The van der Waals surface area contributed by atoms with Crippen molar-refractivity contribution >= 4 is 23.5 Å². The molecule has 2 aliphatic rings. The van der Waals surface area contributed by atoms with Crippen molar-refractivity contribution in [1.82, 2.24) is 20.2 Å². The molecule has 0 aliphatic carbocycles. The Kier molecular flexibility index (Phi) is 5.73. The highest BCUT2D eigenvalue weighted by Crippen LogP contribution is 2.27. The van der Waals surface area contributed by atoms with Crippen LogP contribution in [-0.2, 0) is 22.6 Å². The van der Waals surface area contributed by atoms with Crippen molar-refractivity contribution in [2.45, 2.75) is 25.9 Å². The fourth-order valence-electron chi connectivity index (χ4n) is 3.78. The van der Waals surface area contributed by atoms with Crippen molar-refractivity contribution in [3.63, 3.8) is 0 Å². The molecule has 2 heterocycles. The second kappa shape index (κ2) is 8.61. The third-order valence-corrected chi connectivity index (χ3v) is 5.35. The molecule has 1 saturated heterocycles. The predicted molar refractivity (Wildman–Crippen MR) is 116 cm³/mol. The zero-order chi connectivity index (χ0) is 22.0. The summed E-state index contributed by atoms with van der Waals surface area (Å²) in [6.07, 6.45) is 2.53. The first kappa shape index (κ1) is 20.6. The standard InChI is InChI=1S/C23H25N5O3/c1-3-16-10-7-11-18(12-16)24-20(29)15-27-19-14-26(2)25-21(19)22(30)28(23(27)31)13-17-8-5-4-6-9-17/h4-12,14,21,25H,3,13,15H2,1-2H3,(H,24,29). The van der Waals surface area contributed by atoms with Gasteiger partial charge in [-0.1, -0.05) is 49.4 Å². The Labute approximate surface area is 181 Å². The van der Waals surface area contributed by atoms with Crippen molar-refractivity contribution in [2.75, 3.05) is 18.9 Å². The lowest BCUT2D eigenvalue weighted by Crippen LogP contribution is -2.60. The van der Waals surface area contributed by atoms with Crippen LogP contribution in [-0.4, -0.2) is 52.3 Å². The molecule has 0 saturated carbocycles. The minimum Gasteiger partial charge on any atom is -0.325 e. The average molecular weight is 419 g/mol. The fourth-order valence-corrected chi connectivity index (χ4v) is 3.78. The van der Waals surface area contributed by atoms with Crippen LogP contribution in [0.5, 0.6) is 0 Å². The molecule has 0 spiro atoms. The molecule has 1 fully saturated rings. The van der Waals surface area contributed by atoms with Gasteiger partial charge < -0.3 is 10.3 Å². The number of anilines is 1. The SMILES string of the molecule is CCc1cccc(NC(=O)CN2C(=O)N(Cc3ccccc3)C(=O)C3NN(C)C=C32)c1. The van der Waals surface area contributed by atoms with Gasteiger partial charge in [0, 0.05) is 18.9 Å². The highest BCUT2D eigenvalue weighted by Gasteiger charge is 2.46. The summed E-state index contributed by atoms with van der Waals surface area (Å²) in [4.78, 5) is 41.6. The number of hydrogen-bond donors (Lipinski definition) is 2. The fraction of sp³-hybridized carbons (Fsp3) is 0.261. The number of imide groups is 1. The second-order valence-electron chi connectivity index (χ2n) is 7.61. The lowest BCUT2D eigenvalue weighted by molar-refractivity contribution is -0.133. The molecule has 4 rings (SSSR count). The minimum absolute atomic E-state index is 0.143. The van der Waals surface area contributed by atoms with E-state index in [0.717, 1.165) is 17.5 Å². The Hall–Kier alpha value is -3.65. The van der Waals surface area contributed by atoms with Gasteiger partial charge in [-0.3, -0.25) is 19.4 Å². The number of carbonyl (C=O) groups is 3. The predicted octanol–water partition coefficient (Wildman–Crippen LogP) is 2.31. The van der Waals surface area contributed by atoms with E-state index in [4.69, 9.17) is 0 Å². The molecule has 2 aromatic rings. The van der Waals surface area contributed by atoms with E-state index < -0.39 is 12.1 Å². The zero-order valence-electron chi connectivity index (χ0n) is 17.5. The summed E-state index contributed by atoms with van der Waals surface area (Å²) in [6.45, 7) is 2.00. The lowest BCUT2D eigenvalue weighted by atomic mass is 10.1. The van der Waals surface area contributed by atoms with Gasteiger partial charge in [0.05, 0.1) is 12.2 Å². The van der Waals surface area contributed by atoms with Crippen molar-refractivity contribution in [3.8, 4) is 0 Å². The number of aryl methyl sites for hydroxylation is 1. The number of urea groups is 1. The van der Waals surface area contributed by atoms with Gasteiger partial charge in [-0.15, -0.1) is 0 Å². The van der Waals surface area contributed by atoms with Gasteiger partial charge in [0.2, 0.25) is 5.91 Å². The van der Waals surface area contributed by atoms with Crippen LogP contribution in [0.25, 0.3) is 0 Å². The molecule has 0 bridgehead atoms. The van der Waals surface area contributed by atoms with E-state index in [2.05, 4.69) is 10.7 Å². The Morgan fingerprint density at radius 3 is 2.52 bits per heavy atom. The molecule has 160 valence electrons. The van der Waals surface area contributed by atoms with Crippen LogP contribution in [0.15, 0.2) is 66.5 Å². The van der Waals surface area contributed by atoms with Crippen molar-refractivity contribution < 1.29 is 14.4 Å². The molecule has 2 N–H and O–H groups in total. The number of rotatable bonds is 6. The van der Waals surface area contributed by atoms with Gasteiger partial charge in [0.15, 0.2) is 0 Å². The summed E-state index contributed by atoms with van der Waals surface area (Å²) in [6, 6.07) is 15.7. The molecule has 4 amide bonds. The van der Waals surface area contributed by atoms with E-state index in [9.17, 15) is 14.4 Å². The van der Waals surface area contributed by atoms with Gasteiger partial charge in [0.1, 0.15) is 12.6 Å². The van der Waals surface area contributed by atoms with Crippen LogP contribution in [0, 0.1) is 0 Å². The van der Waals surface area contributed by atoms with Crippen molar-refractivity contribution in [1.29, 1.82) is 0 Å². The molecule has 0 radical (unpaired) electrons. The maximum Gasteiger partial charge on any atom is 0.331 e. The third-order valence-electron chi connectivity index (χ3n) is 5.35. The van der Waals surface area contributed by atoms with E-state index in [0.29, 0.717) is 11.4 Å². The molecule has 0 aromatic heterocycles. The van der Waals surface area contributed by atoms with Crippen LogP contribution < -0.4 is 10.7 Å². The highest BCUT2D eigenvalue weighted by molar-refractivity contribution is 6.05. The maximum atomic E-state index is 13.2. The molecule has 2 aliphatic heterocycles. The van der Waals surface area contributed by atoms with Gasteiger partial charge in [0.25, 0.3) is 5.91 Å². The third kappa shape index (κ3) is 4.29. The Morgan fingerprint density at radius 1 is 1.03 bits per heavy atom. The zero-order valence-corrected chi connectivity index (χ0v) is 17.5. The van der Waals surface area contributed by atoms with E-state index >= 15 is 0 Å². The van der Waals surface area contributed by atoms with Crippen LogP contribution in [0.3, 0.4) is 0 Å². The van der Waals surface area contributed by atoms with Crippen molar-refractivity contribution in [2.24, 2.45) is 0 Å². The molecule has 1 unspecified atom stereocenters.